The van der Waals surface area contributed by atoms with Crippen LogP contribution in [0.25, 0.3) is 11.4 Å². The highest BCUT2D eigenvalue weighted by molar-refractivity contribution is 9.10. The van der Waals surface area contributed by atoms with Crippen LogP contribution in [0.1, 0.15) is 37.6 Å². The fourth-order valence-electron chi connectivity index (χ4n) is 2.65. The van der Waals surface area contributed by atoms with Gasteiger partial charge in [-0.2, -0.15) is 4.98 Å². The summed E-state index contributed by atoms with van der Waals surface area (Å²) < 4.78 is 6.24. The summed E-state index contributed by atoms with van der Waals surface area (Å²) in [6.07, 6.45) is 4.13. The summed E-state index contributed by atoms with van der Waals surface area (Å²) in [7, 11) is 0. The van der Waals surface area contributed by atoms with Crippen LogP contribution in [0.3, 0.4) is 0 Å². The first-order valence-corrected chi connectivity index (χ1v) is 9.90. The number of unbranched alkanes of at least 4 members (excludes halogenated alkanes) is 1. The van der Waals surface area contributed by atoms with Crippen molar-refractivity contribution < 1.29 is 9.32 Å². The second-order valence-electron chi connectivity index (χ2n) is 6.37. The van der Waals surface area contributed by atoms with Gasteiger partial charge in [-0.1, -0.05) is 46.6 Å². The van der Waals surface area contributed by atoms with Gasteiger partial charge in [0.05, 0.1) is 0 Å². The van der Waals surface area contributed by atoms with Crippen molar-refractivity contribution in [3.05, 3.63) is 64.5 Å². The highest BCUT2D eigenvalue weighted by Crippen LogP contribution is 2.19. The summed E-state index contributed by atoms with van der Waals surface area (Å²) in [4.78, 5) is 16.5. The minimum atomic E-state index is -0.0697. The van der Waals surface area contributed by atoms with Crippen molar-refractivity contribution in [2.75, 3.05) is 5.32 Å². The van der Waals surface area contributed by atoms with Gasteiger partial charge < -0.3 is 9.84 Å². The van der Waals surface area contributed by atoms with E-state index >= 15 is 0 Å². The molecule has 1 N–H and O–H groups in total. The third-order valence-corrected chi connectivity index (χ3v) is 4.72. The predicted molar refractivity (Wildman–Crippen MR) is 109 cm³/mol. The molecule has 0 aliphatic carbocycles. The van der Waals surface area contributed by atoms with Crippen LogP contribution in [0.5, 0.6) is 0 Å². The number of hydrogen-bond donors (Lipinski definition) is 1. The Balaban J connectivity index is 1.50. The van der Waals surface area contributed by atoms with E-state index in [0.717, 1.165) is 22.1 Å². The molecule has 2 aromatic carbocycles. The molecule has 3 aromatic rings. The van der Waals surface area contributed by atoms with Gasteiger partial charge in [-0.3, -0.25) is 4.79 Å². The number of benzene rings is 2. The number of hydrogen-bond acceptors (Lipinski definition) is 4. The molecule has 0 fully saturated rings. The molecule has 5 nitrogen and oxygen atoms in total. The van der Waals surface area contributed by atoms with E-state index in [1.165, 1.54) is 18.4 Å². The van der Waals surface area contributed by atoms with E-state index in [9.17, 15) is 4.79 Å². The summed E-state index contributed by atoms with van der Waals surface area (Å²) >= 11 is 3.40. The molecule has 1 aromatic heterocycles. The monoisotopic (exact) mass is 427 g/mol. The molecule has 1 amide bonds. The zero-order chi connectivity index (χ0) is 19.1. The average molecular weight is 428 g/mol. The fraction of sp³-hybridized carbons (Fsp3) is 0.286. The highest BCUT2D eigenvalue weighted by atomic mass is 79.9. The number of carbonyl (C=O) groups is 1. The maximum atomic E-state index is 12.2. The van der Waals surface area contributed by atoms with Gasteiger partial charge in [-0.05, 0) is 54.8 Å². The minimum Gasteiger partial charge on any atom is -0.339 e. The largest absolute Gasteiger partial charge is 0.339 e. The Morgan fingerprint density at radius 1 is 1.07 bits per heavy atom. The van der Waals surface area contributed by atoms with Crippen molar-refractivity contribution in [2.45, 2.75) is 39.0 Å². The molecular weight excluding hydrogens is 406 g/mol. The van der Waals surface area contributed by atoms with Crippen molar-refractivity contribution >= 4 is 27.5 Å². The lowest BCUT2D eigenvalue weighted by Crippen LogP contribution is -2.12. The molecule has 0 aliphatic rings. The first-order chi connectivity index (χ1) is 13.1. The molecule has 6 heteroatoms. The van der Waals surface area contributed by atoms with Crippen molar-refractivity contribution in [1.29, 1.82) is 0 Å². The van der Waals surface area contributed by atoms with Gasteiger partial charge in [0.2, 0.25) is 17.6 Å². The molecule has 1 heterocycles. The van der Waals surface area contributed by atoms with Gasteiger partial charge in [0.1, 0.15) is 0 Å². The lowest BCUT2D eigenvalue weighted by Gasteiger charge is -2.06. The second kappa shape index (κ2) is 9.46. The number of aromatic nitrogens is 2. The molecule has 0 unspecified atom stereocenters. The van der Waals surface area contributed by atoms with E-state index in [1.807, 2.05) is 36.4 Å². The maximum absolute atomic E-state index is 12.2. The standard InChI is InChI=1S/C21H22BrN3O2/c1-2-3-4-15-5-11-18(12-6-15)23-19(26)13-14-20-24-21(25-27-20)16-7-9-17(22)10-8-16/h5-12H,2-4,13-14H2,1H3,(H,23,26). The predicted octanol–water partition coefficient (Wildman–Crippen LogP) is 5.41. The number of halogens is 1. The molecule has 0 spiro atoms. The zero-order valence-electron chi connectivity index (χ0n) is 15.2. The van der Waals surface area contributed by atoms with Gasteiger partial charge in [0.25, 0.3) is 0 Å². The first-order valence-electron chi connectivity index (χ1n) is 9.11. The number of anilines is 1. The second-order valence-corrected chi connectivity index (χ2v) is 7.28. The summed E-state index contributed by atoms with van der Waals surface area (Å²) in [6.45, 7) is 2.18. The SMILES string of the molecule is CCCCc1ccc(NC(=O)CCc2nc(-c3ccc(Br)cc3)no2)cc1. The molecule has 0 aliphatic heterocycles. The highest BCUT2D eigenvalue weighted by Gasteiger charge is 2.11. The molecule has 0 bridgehead atoms. The van der Waals surface area contributed by atoms with Crippen LogP contribution in [0.4, 0.5) is 5.69 Å². The summed E-state index contributed by atoms with van der Waals surface area (Å²) in [5.41, 5.74) is 2.98. The summed E-state index contributed by atoms with van der Waals surface area (Å²) in [5.74, 6) is 0.915. The summed E-state index contributed by atoms with van der Waals surface area (Å²) in [5, 5.41) is 6.89. The fourth-order valence-corrected chi connectivity index (χ4v) is 2.92. The van der Waals surface area contributed by atoms with Gasteiger partial charge in [0.15, 0.2) is 0 Å². The Labute approximate surface area is 167 Å². The smallest absolute Gasteiger partial charge is 0.227 e. The number of aryl methyl sites for hydroxylation is 2. The van der Waals surface area contributed by atoms with E-state index < -0.39 is 0 Å². The lowest BCUT2D eigenvalue weighted by molar-refractivity contribution is -0.116. The van der Waals surface area contributed by atoms with Crippen molar-refractivity contribution in [3.63, 3.8) is 0 Å². The van der Waals surface area contributed by atoms with Gasteiger partial charge in [-0.25, -0.2) is 0 Å². The normalized spacial score (nSPS) is 10.7. The van der Waals surface area contributed by atoms with Crippen LogP contribution in [-0.4, -0.2) is 16.0 Å². The van der Waals surface area contributed by atoms with Crippen LogP contribution in [-0.2, 0) is 17.6 Å². The van der Waals surface area contributed by atoms with Crippen LogP contribution >= 0.6 is 15.9 Å². The van der Waals surface area contributed by atoms with Gasteiger partial charge in [-0.15, -0.1) is 0 Å². The van der Waals surface area contributed by atoms with Crippen LogP contribution in [0.2, 0.25) is 0 Å². The molecule has 27 heavy (non-hydrogen) atoms. The average Bonchev–Trinajstić information content (AvgIpc) is 3.15. The number of rotatable bonds is 8. The third-order valence-electron chi connectivity index (χ3n) is 4.19. The van der Waals surface area contributed by atoms with E-state index in [-0.39, 0.29) is 5.91 Å². The van der Waals surface area contributed by atoms with Crippen LogP contribution < -0.4 is 5.32 Å². The third kappa shape index (κ3) is 5.76. The molecule has 3 rings (SSSR count). The molecule has 140 valence electrons. The lowest BCUT2D eigenvalue weighted by atomic mass is 10.1. The van der Waals surface area contributed by atoms with E-state index in [2.05, 4.69) is 50.4 Å². The Bertz CT molecular complexity index is 873. The van der Waals surface area contributed by atoms with E-state index in [4.69, 9.17) is 4.52 Å². The quantitative estimate of drug-likeness (QED) is 0.521. The van der Waals surface area contributed by atoms with E-state index in [1.54, 1.807) is 0 Å². The minimum absolute atomic E-state index is 0.0697. The van der Waals surface area contributed by atoms with Gasteiger partial charge in [0, 0.05) is 28.6 Å². The van der Waals surface area contributed by atoms with Crippen LogP contribution in [0, 0.1) is 0 Å². The number of amides is 1. The molecule has 0 saturated carbocycles. The van der Waals surface area contributed by atoms with E-state index in [0.29, 0.717) is 24.6 Å². The number of carbonyl (C=O) groups excluding carboxylic acids is 1. The molecule has 0 saturated heterocycles. The van der Waals surface area contributed by atoms with Crippen LogP contribution in [0.15, 0.2) is 57.5 Å². The van der Waals surface area contributed by atoms with Gasteiger partial charge >= 0.3 is 0 Å². The molecule has 0 atom stereocenters. The summed E-state index contributed by atoms with van der Waals surface area (Å²) in [6, 6.07) is 15.7. The topological polar surface area (TPSA) is 68.0 Å². The Morgan fingerprint density at radius 2 is 1.81 bits per heavy atom. The number of nitrogens with zero attached hydrogens (tertiary/aromatic N) is 2. The van der Waals surface area contributed by atoms with Crippen molar-refractivity contribution in [3.8, 4) is 11.4 Å². The zero-order valence-corrected chi connectivity index (χ0v) is 16.8. The maximum Gasteiger partial charge on any atom is 0.227 e. The van der Waals surface area contributed by atoms with Crippen molar-refractivity contribution in [1.82, 2.24) is 10.1 Å². The van der Waals surface area contributed by atoms with Crippen molar-refractivity contribution in [2.24, 2.45) is 0 Å². The Hall–Kier alpha value is -2.47. The molecule has 0 radical (unpaired) electrons. The molecular formula is C21H22BrN3O2. The Morgan fingerprint density at radius 3 is 2.52 bits per heavy atom. The number of nitrogens with one attached hydrogen (secondary N) is 1. The first kappa shape index (κ1) is 19.3. The Kier molecular flexibility index (Phi) is 6.76.